The molecule has 0 spiro atoms. The Labute approximate surface area is 115 Å². The number of rotatable bonds is 3. The van der Waals surface area contributed by atoms with Gasteiger partial charge in [-0.2, -0.15) is 0 Å². The average Bonchev–Trinajstić information content (AvgIpc) is 2.39. The number of amides is 1. The normalized spacial score (nSPS) is 16.5. The molecule has 1 saturated heterocycles. The predicted molar refractivity (Wildman–Crippen MR) is 78.7 cm³/mol. The smallest absolute Gasteiger partial charge is 0.256 e. The van der Waals surface area contributed by atoms with Crippen molar-refractivity contribution in [2.45, 2.75) is 13.8 Å². The highest BCUT2D eigenvalue weighted by Gasteiger charge is 2.22. The van der Waals surface area contributed by atoms with Crippen molar-refractivity contribution in [3.05, 3.63) is 29.3 Å². The molecular weight excluding hydrogens is 238 g/mol. The predicted octanol–water partition coefficient (Wildman–Crippen LogP) is 1.81. The molecule has 1 aliphatic rings. The van der Waals surface area contributed by atoms with Crippen molar-refractivity contribution in [2.24, 2.45) is 0 Å². The zero-order valence-electron chi connectivity index (χ0n) is 12.1. The second-order valence-electron chi connectivity index (χ2n) is 5.17. The van der Waals surface area contributed by atoms with Crippen LogP contribution in [-0.2, 0) is 0 Å². The zero-order chi connectivity index (χ0) is 13.8. The summed E-state index contributed by atoms with van der Waals surface area (Å²) in [4.78, 5) is 16.8. The number of likely N-dealkylation sites (N-methyl/N-ethyl adjacent to an activating group) is 1. The topological polar surface area (TPSA) is 35.6 Å². The minimum Gasteiger partial charge on any atom is -0.385 e. The largest absolute Gasteiger partial charge is 0.385 e. The molecule has 1 aromatic rings. The Kier molecular flexibility index (Phi) is 4.43. The van der Waals surface area contributed by atoms with Gasteiger partial charge < -0.3 is 15.1 Å². The molecule has 0 aromatic heterocycles. The van der Waals surface area contributed by atoms with Crippen LogP contribution in [0.5, 0.6) is 0 Å². The molecule has 0 bridgehead atoms. The van der Waals surface area contributed by atoms with Crippen LogP contribution in [0.25, 0.3) is 0 Å². The maximum atomic E-state index is 12.6. The first-order chi connectivity index (χ1) is 9.11. The van der Waals surface area contributed by atoms with Crippen LogP contribution in [0.15, 0.2) is 18.2 Å². The highest BCUT2D eigenvalue weighted by Crippen LogP contribution is 2.20. The Bertz CT molecular complexity index is 451. The quantitative estimate of drug-likeness (QED) is 0.901. The molecule has 19 heavy (non-hydrogen) atoms. The number of nitrogens with zero attached hydrogens (tertiary/aromatic N) is 2. The van der Waals surface area contributed by atoms with E-state index in [4.69, 9.17) is 0 Å². The summed E-state index contributed by atoms with van der Waals surface area (Å²) in [7, 11) is 2.10. The molecule has 4 heteroatoms. The Morgan fingerprint density at radius 2 is 1.95 bits per heavy atom. The number of carbonyl (C=O) groups is 1. The molecule has 0 unspecified atom stereocenters. The number of hydrogen-bond acceptors (Lipinski definition) is 3. The van der Waals surface area contributed by atoms with Gasteiger partial charge in [-0.05, 0) is 38.6 Å². The number of nitrogens with one attached hydrogen (secondary N) is 1. The van der Waals surface area contributed by atoms with E-state index in [1.807, 2.05) is 36.9 Å². The van der Waals surface area contributed by atoms with Crippen LogP contribution in [0, 0.1) is 6.92 Å². The molecule has 4 nitrogen and oxygen atoms in total. The molecule has 0 radical (unpaired) electrons. The molecular formula is C15H23N3O. The lowest BCUT2D eigenvalue weighted by Gasteiger charge is -2.32. The molecule has 2 rings (SSSR count). The third-order valence-electron chi connectivity index (χ3n) is 3.56. The van der Waals surface area contributed by atoms with Gasteiger partial charge in [0.25, 0.3) is 5.91 Å². The van der Waals surface area contributed by atoms with Crippen molar-refractivity contribution in [1.82, 2.24) is 9.80 Å². The lowest BCUT2D eigenvalue weighted by Crippen LogP contribution is -2.47. The van der Waals surface area contributed by atoms with E-state index in [9.17, 15) is 4.79 Å². The van der Waals surface area contributed by atoms with E-state index in [1.165, 1.54) is 5.56 Å². The molecule has 1 aliphatic heterocycles. The number of anilines is 1. The number of aryl methyl sites for hydroxylation is 1. The van der Waals surface area contributed by atoms with Crippen molar-refractivity contribution >= 4 is 11.6 Å². The number of piperazine rings is 1. The summed E-state index contributed by atoms with van der Waals surface area (Å²) in [5, 5.41) is 3.29. The van der Waals surface area contributed by atoms with Crippen molar-refractivity contribution in [2.75, 3.05) is 45.1 Å². The Morgan fingerprint density at radius 1 is 1.26 bits per heavy atom. The fourth-order valence-corrected chi connectivity index (χ4v) is 2.36. The average molecular weight is 261 g/mol. The first-order valence-electron chi connectivity index (χ1n) is 6.94. The van der Waals surface area contributed by atoms with Gasteiger partial charge in [0.05, 0.1) is 5.56 Å². The SMILES string of the molecule is CCNc1cc(C)ccc1C(=O)N1CCN(C)CC1. The monoisotopic (exact) mass is 261 g/mol. The molecule has 1 aromatic carbocycles. The van der Waals surface area contributed by atoms with E-state index in [0.29, 0.717) is 0 Å². The Balaban J connectivity index is 2.18. The summed E-state index contributed by atoms with van der Waals surface area (Å²) >= 11 is 0. The maximum absolute atomic E-state index is 12.6. The van der Waals surface area contributed by atoms with E-state index < -0.39 is 0 Å². The van der Waals surface area contributed by atoms with Crippen LogP contribution in [0.3, 0.4) is 0 Å². The highest BCUT2D eigenvalue weighted by molar-refractivity contribution is 5.99. The Morgan fingerprint density at radius 3 is 2.58 bits per heavy atom. The van der Waals surface area contributed by atoms with E-state index in [1.54, 1.807) is 0 Å². The van der Waals surface area contributed by atoms with Crippen molar-refractivity contribution in [1.29, 1.82) is 0 Å². The summed E-state index contributed by atoms with van der Waals surface area (Å²) < 4.78 is 0. The van der Waals surface area contributed by atoms with Crippen molar-refractivity contribution in [3.63, 3.8) is 0 Å². The first kappa shape index (κ1) is 13.9. The summed E-state index contributed by atoms with van der Waals surface area (Å²) in [5.74, 6) is 0.143. The molecule has 0 atom stereocenters. The molecule has 1 N–H and O–H groups in total. The summed E-state index contributed by atoms with van der Waals surface area (Å²) in [6.07, 6.45) is 0. The minimum atomic E-state index is 0.143. The van der Waals surface area contributed by atoms with Gasteiger partial charge in [0.15, 0.2) is 0 Å². The highest BCUT2D eigenvalue weighted by atomic mass is 16.2. The third kappa shape index (κ3) is 3.26. The zero-order valence-corrected chi connectivity index (χ0v) is 12.1. The van der Waals surface area contributed by atoms with Gasteiger partial charge in [-0.3, -0.25) is 4.79 Å². The molecule has 1 amide bonds. The number of benzene rings is 1. The fourth-order valence-electron chi connectivity index (χ4n) is 2.36. The van der Waals surface area contributed by atoms with Crippen molar-refractivity contribution < 1.29 is 4.79 Å². The van der Waals surface area contributed by atoms with Crippen LogP contribution in [0.1, 0.15) is 22.8 Å². The second-order valence-corrected chi connectivity index (χ2v) is 5.17. The van der Waals surface area contributed by atoms with Crippen LogP contribution in [0.4, 0.5) is 5.69 Å². The maximum Gasteiger partial charge on any atom is 0.256 e. The molecule has 1 fully saturated rings. The van der Waals surface area contributed by atoms with Gasteiger partial charge in [0, 0.05) is 38.4 Å². The van der Waals surface area contributed by atoms with Crippen LogP contribution >= 0.6 is 0 Å². The van der Waals surface area contributed by atoms with Gasteiger partial charge in [0.2, 0.25) is 0 Å². The molecule has 104 valence electrons. The summed E-state index contributed by atoms with van der Waals surface area (Å²) in [6, 6.07) is 5.99. The molecule has 0 saturated carbocycles. The summed E-state index contributed by atoms with van der Waals surface area (Å²) in [6.45, 7) is 8.45. The fraction of sp³-hybridized carbons (Fsp3) is 0.533. The van der Waals surface area contributed by atoms with E-state index in [0.717, 1.165) is 44.0 Å². The number of carbonyl (C=O) groups excluding carboxylic acids is 1. The summed E-state index contributed by atoms with van der Waals surface area (Å²) in [5.41, 5.74) is 2.91. The third-order valence-corrected chi connectivity index (χ3v) is 3.56. The minimum absolute atomic E-state index is 0.143. The lowest BCUT2D eigenvalue weighted by molar-refractivity contribution is 0.0665. The number of hydrogen-bond donors (Lipinski definition) is 1. The Hall–Kier alpha value is -1.55. The van der Waals surface area contributed by atoms with Crippen LogP contribution < -0.4 is 5.32 Å². The van der Waals surface area contributed by atoms with E-state index in [2.05, 4.69) is 17.3 Å². The standard InChI is InChI=1S/C15H23N3O/c1-4-16-14-11-12(2)5-6-13(14)15(19)18-9-7-17(3)8-10-18/h5-6,11,16H,4,7-10H2,1-3H3. The van der Waals surface area contributed by atoms with Gasteiger partial charge in [-0.1, -0.05) is 6.07 Å². The van der Waals surface area contributed by atoms with Gasteiger partial charge in [-0.25, -0.2) is 0 Å². The van der Waals surface area contributed by atoms with Crippen molar-refractivity contribution in [3.8, 4) is 0 Å². The van der Waals surface area contributed by atoms with Gasteiger partial charge in [-0.15, -0.1) is 0 Å². The molecule has 0 aliphatic carbocycles. The van der Waals surface area contributed by atoms with Crippen LogP contribution in [-0.4, -0.2) is 55.5 Å². The first-order valence-corrected chi connectivity index (χ1v) is 6.94. The van der Waals surface area contributed by atoms with Gasteiger partial charge in [0.1, 0.15) is 0 Å². The van der Waals surface area contributed by atoms with Crippen LogP contribution in [0.2, 0.25) is 0 Å². The molecule has 1 heterocycles. The lowest BCUT2D eigenvalue weighted by atomic mass is 10.1. The van der Waals surface area contributed by atoms with E-state index in [-0.39, 0.29) is 5.91 Å². The van der Waals surface area contributed by atoms with E-state index >= 15 is 0 Å². The second kappa shape index (κ2) is 6.06. The van der Waals surface area contributed by atoms with Gasteiger partial charge >= 0.3 is 0 Å².